The minimum absolute atomic E-state index is 0.0332. The number of nitrogens with zero attached hydrogens (tertiary/aromatic N) is 2. The molecule has 2 aromatic carbocycles. The van der Waals surface area contributed by atoms with E-state index in [1.807, 2.05) is 60.7 Å². The van der Waals surface area contributed by atoms with Crippen LogP contribution in [0.3, 0.4) is 0 Å². The number of aromatic nitrogens is 2. The van der Waals surface area contributed by atoms with Crippen molar-refractivity contribution in [2.75, 3.05) is 19.8 Å². The summed E-state index contributed by atoms with van der Waals surface area (Å²) in [6.45, 7) is 10.2. The molecule has 3 heterocycles. The second-order valence-corrected chi connectivity index (χ2v) is 16.1. The molecule has 4 aromatic rings. The van der Waals surface area contributed by atoms with Gasteiger partial charge in [0.15, 0.2) is 11.6 Å². The Morgan fingerprint density at radius 2 is 1.55 bits per heavy atom. The summed E-state index contributed by atoms with van der Waals surface area (Å²) >= 11 is 1.45. The van der Waals surface area contributed by atoms with Gasteiger partial charge in [-0.3, -0.25) is 9.59 Å². The SMILES string of the molecule is CCCCCCCOc1ccc(-c2cnc(-c3ccc(C[C@H](CC(=O)c4ccc(C(C)(C)C)s4)C(=O)NC(C(=O)O)C4CCOCC4)cc3)nc2)cc1. The van der Waals surface area contributed by atoms with Crippen molar-refractivity contribution in [1.29, 1.82) is 0 Å². The maximum Gasteiger partial charge on any atom is 0.326 e. The lowest BCUT2D eigenvalue weighted by atomic mass is 9.89. The van der Waals surface area contributed by atoms with Gasteiger partial charge in [0.05, 0.1) is 11.5 Å². The molecular weight excluding hydrogens is 687 g/mol. The minimum Gasteiger partial charge on any atom is -0.494 e. The average Bonchev–Trinajstić information content (AvgIpc) is 3.68. The number of Topliss-reactive ketones (excluding diaryl/α,β-unsaturated/α-hetero) is 1. The monoisotopic (exact) mass is 739 g/mol. The highest BCUT2D eigenvalue weighted by molar-refractivity contribution is 7.14. The number of ether oxygens (including phenoxy) is 2. The van der Waals surface area contributed by atoms with Crippen LogP contribution in [0.4, 0.5) is 0 Å². The second-order valence-electron chi connectivity index (χ2n) is 15.0. The van der Waals surface area contributed by atoms with Gasteiger partial charge in [0.25, 0.3) is 0 Å². The molecule has 0 aliphatic carbocycles. The van der Waals surface area contributed by atoms with E-state index in [-0.39, 0.29) is 30.0 Å². The molecule has 53 heavy (non-hydrogen) atoms. The van der Waals surface area contributed by atoms with Crippen LogP contribution in [0.2, 0.25) is 0 Å². The van der Waals surface area contributed by atoms with Gasteiger partial charge in [0.1, 0.15) is 11.8 Å². The fraction of sp³-hybridized carbons (Fsp3) is 0.465. The fourth-order valence-electron chi connectivity index (χ4n) is 6.51. The van der Waals surface area contributed by atoms with E-state index >= 15 is 0 Å². The quantitative estimate of drug-likeness (QED) is 0.0765. The third kappa shape index (κ3) is 11.5. The summed E-state index contributed by atoms with van der Waals surface area (Å²) in [5.74, 6) is -1.21. The molecule has 2 atom stereocenters. The topological polar surface area (TPSA) is 128 Å². The van der Waals surface area contributed by atoms with Crippen molar-refractivity contribution >= 4 is 29.0 Å². The predicted molar refractivity (Wildman–Crippen MR) is 209 cm³/mol. The summed E-state index contributed by atoms with van der Waals surface area (Å²) in [5.41, 5.74) is 3.47. The zero-order valence-electron chi connectivity index (χ0n) is 31.4. The highest BCUT2D eigenvalue weighted by atomic mass is 32.1. The Balaban J connectivity index is 1.25. The molecule has 0 radical (unpaired) electrons. The van der Waals surface area contributed by atoms with E-state index in [1.54, 1.807) is 12.4 Å². The van der Waals surface area contributed by atoms with Gasteiger partial charge >= 0.3 is 5.97 Å². The van der Waals surface area contributed by atoms with Crippen LogP contribution < -0.4 is 10.1 Å². The van der Waals surface area contributed by atoms with Crippen molar-refractivity contribution in [1.82, 2.24) is 15.3 Å². The zero-order valence-corrected chi connectivity index (χ0v) is 32.3. The van der Waals surface area contributed by atoms with Crippen molar-refractivity contribution in [2.24, 2.45) is 11.8 Å². The number of amides is 1. The van der Waals surface area contributed by atoms with Gasteiger partial charge in [-0.2, -0.15) is 0 Å². The Labute approximate surface area is 317 Å². The highest BCUT2D eigenvalue weighted by Crippen LogP contribution is 2.31. The van der Waals surface area contributed by atoms with E-state index < -0.39 is 23.8 Å². The number of benzene rings is 2. The number of aliphatic carboxylic acids is 1. The first-order chi connectivity index (χ1) is 25.5. The van der Waals surface area contributed by atoms with Gasteiger partial charge in [-0.25, -0.2) is 14.8 Å². The largest absolute Gasteiger partial charge is 0.494 e. The Hall–Kier alpha value is -4.41. The van der Waals surface area contributed by atoms with Crippen LogP contribution in [-0.2, 0) is 26.2 Å². The van der Waals surface area contributed by atoms with E-state index in [0.29, 0.717) is 36.8 Å². The number of carbonyl (C=O) groups excluding carboxylic acids is 2. The molecule has 282 valence electrons. The average molecular weight is 740 g/mol. The van der Waals surface area contributed by atoms with Crippen LogP contribution in [0.5, 0.6) is 5.75 Å². The number of carboxylic acid groups (broad SMARTS) is 1. The summed E-state index contributed by atoms with van der Waals surface area (Å²) in [7, 11) is 0. The third-order valence-corrected chi connectivity index (χ3v) is 11.3. The molecule has 2 N–H and O–H groups in total. The summed E-state index contributed by atoms with van der Waals surface area (Å²) in [6, 6.07) is 18.4. The van der Waals surface area contributed by atoms with Crippen LogP contribution in [0, 0.1) is 11.8 Å². The smallest absolute Gasteiger partial charge is 0.326 e. The maximum atomic E-state index is 13.8. The van der Waals surface area contributed by atoms with Crippen molar-refractivity contribution in [3.63, 3.8) is 0 Å². The van der Waals surface area contributed by atoms with Gasteiger partial charge < -0.3 is 19.9 Å². The number of hydrogen-bond donors (Lipinski definition) is 2. The van der Waals surface area contributed by atoms with Crippen LogP contribution in [0.1, 0.15) is 99.2 Å². The molecule has 9 nitrogen and oxygen atoms in total. The van der Waals surface area contributed by atoms with Gasteiger partial charge in [-0.05, 0) is 72.4 Å². The molecule has 0 bridgehead atoms. The molecule has 2 aromatic heterocycles. The number of unbranched alkanes of at least 4 members (excludes halogenated alkanes) is 4. The first kappa shape index (κ1) is 39.8. The first-order valence-corrected chi connectivity index (χ1v) is 19.7. The number of rotatable bonds is 18. The van der Waals surface area contributed by atoms with Crippen LogP contribution in [-0.4, -0.2) is 58.6 Å². The van der Waals surface area contributed by atoms with Gasteiger partial charge in [-0.1, -0.05) is 89.8 Å². The number of hydrogen-bond acceptors (Lipinski definition) is 8. The molecule has 1 aliphatic rings. The summed E-state index contributed by atoms with van der Waals surface area (Å²) in [5, 5.41) is 12.8. The molecule has 1 unspecified atom stereocenters. The summed E-state index contributed by atoms with van der Waals surface area (Å²) < 4.78 is 11.3. The van der Waals surface area contributed by atoms with Gasteiger partial charge in [-0.15, -0.1) is 11.3 Å². The molecule has 10 heteroatoms. The molecule has 1 amide bonds. The van der Waals surface area contributed by atoms with Crippen molar-refractivity contribution < 1.29 is 29.0 Å². The van der Waals surface area contributed by atoms with E-state index in [0.717, 1.165) is 45.9 Å². The van der Waals surface area contributed by atoms with Crippen LogP contribution in [0.15, 0.2) is 73.1 Å². The molecule has 0 spiro atoms. The first-order valence-electron chi connectivity index (χ1n) is 18.9. The van der Waals surface area contributed by atoms with Crippen LogP contribution >= 0.6 is 11.3 Å². The molecule has 1 aliphatic heterocycles. The van der Waals surface area contributed by atoms with Gasteiger partial charge in [0, 0.05) is 54.0 Å². The van der Waals surface area contributed by atoms with E-state index in [1.165, 1.54) is 37.0 Å². The van der Waals surface area contributed by atoms with E-state index in [9.17, 15) is 19.5 Å². The maximum absolute atomic E-state index is 13.8. The Kier molecular flexibility index (Phi) is 14.3. The summed E-state index contributed by atoms with van der Waals surface area (Å²) in [4.78, 5) is 50.6. The molecular formula is C43H53N3O6S. The third-order valence-electron chi connectivity index (χ3n) is 9.77. The molecule has 0 saturated carbocycles. The van der Waals surface area contributed by atoms with Crippen molar-refractivity contribution in [3.8, 4) is 28.3 Å². The lowest BCUT2D eigenvalue weighted by Crippen LogP contribution is -2.49. The molecule has 5 rings (SSSR count). The highest BCUT2D eigenvalue weighted by Gasteiger charge is 2.34. The van der Waals surface area contributed by atoms with Gasteiger partial charge in [0.2, 0.25) is 5.91 Å². The number of thiophene rings is 1. The number of nitrogens with one attached hydrogen (secondary N) is 1. The second kappa shape index (κ2) is 19.1. The van der Waals surface area contributed by atoms with E-state index in [4.69, 9.17) is 9.47 Å². The zero-order chi connectivity index (χ0) is 37.8. The number of ketones is 1. The molecule has 1 fully saturated rings. The Bertz CT molecular complexity index is 1770. The lowest BCUT2D eigenvalue weighted by molar-refractivity contribution is -0.145. The van der Waals surface area contributed by atoms with Crippen molar-refractivity contribution in [2.45, 2.75) is 96.9 Å². The normalized spacial score (nSPS) is 14.7. The minimum atomic E-state index is -1.08. The Morgan fingerprint density at radius 3 is 2.17 bits per heavy atom. The summed E-state index contributed by atoms with van der Waals surface area (Å²) in [6.07, 6.45) is 11.0. The number of carboxylic acids is 1. The predicted octanol–water partition coefficient (Wildman–Crippen LogP) is 8.95. The molecule has 1 saturated heterocycles. The van der Waals surface area contributed by atoms with Crippen LogP contribution in [0.25, 0.3) is 22.5 Å². The standard InChI is InChI=1S/C43H53N3O6S/c1-5-6-7-8-9-22-52-35-16-14-30(15-17-35)34-27-44-40(45-28-34)32-12-10-29(11-13-32)25-33(26-36(47)37-18-19-38(53-37)43(2,3)4)41(48)46-39(42(49)50)31-20-23-51-24-21-31/h10-19,27-28,31,33,39H,5-9,20-26H2,1-4H3,(H,46,48)(H,49,50)/t33-,39?/m1/s1. The fourth-order valence-corrected chi connectivity index (χ4v) is 7.53. The van der Waals surface area contributed by atoms with Crippen molar-refractivity contribution in [3.05, 3.63) is 88.4 Å². The number of carbonyl (C=O) groups is 3. The van der Waals surface area contributed by atoms with E-state index in [2.05, 4.69) is 43.0 Å². The lowest BCUT2D eigenvalue weighted by Gasteiger charge is -2.29. The Morgan fingerprint density at radius 1 is 0.887 bits per heavy atom.